The van der Waals surface area contributed by atoms with Crippen LogP contribution in [0.4, 0.5) is 0 Å². The predicted molar refractivity (Wildman–Crippen MR) is 78.2 cm³/mol. The quantitative estimate of drug-likeness (QED) is 0.361. The fourth-order valence-corrected chi connectivity index (χ4v) is 6.48. The van der Waals surface area contributed by atoms with Crippen LogP contribution in [0.2, 0.25) is 0 Å². The van der Waals surface area contributed by atoms with E-state index in [-0.39, 0.29) is 0 Å². The number of hydrogen-bond acceptors (Lipinski definition) is 1. The number of unbranched alkanes of at least 4 members (excludes halogenated alkanes) is 5. The highest BCUT2D eigenvalue weighted by Gasteiger charge is 2.53. The number of nitrogens with zero attached hydrogens (tertiary/aromatic N) is 2. The molecule has 4 heteroatoms. The summed E-state index contributed by atoms with van der Waals surface area (Å²) >= 11 is 0. The molecule has 0 saturated carbocycles. The minimum absolute atomic E-state index is 0.559. The van der Waals surface area contributed by atoms with Crippen molar-refractivity contribution < 1.29 is 4.57 Å². The van der Waals surface area contributed by atoms with Crippen LogP contribution >= 0.6 is 7.44 Å². The molecule has 18 heavy (non-hydrogen) atoms. The first kappa shape index (κ1) is 14.6. The minimum Gasteiger partial charge on any atom is -0.289 e. The van der Waals surface area contributed by atoms with Crippen LogP contribution in [0.25, 0.3) is 0 Å². The van der Waals surface area contributed by atoms with Crippen molar-refractivity contribution >= 4 is 7.44 Å². The molecule has 2 heterocycles. The van der Waals surface area contributed by atoms with Gasteiger partial charge in [0.15, 0.2) is 0 Å². The van der Waals surface area contributed by atoms with Crippen molar-refractivity contribution in [3.05, 3.63) is 0 Å². The largest absolute Gasteiger partial charge is 0.289 e. The Balaban J connectivity index is 1.72. The molecule has 2 saturated heterocycles. The lowest BCUT2D eigenvalue weighted by Crippen LogP contribution is -2.11. The molecule has 0 amide bonds. The number of hydrogen-bond donors (Lipinski definition) is 0. The van der Waals surface area contributed by atoms with Crippen molar-refractivity contribution in [2.75, 3.05) is 19.3 Å². The maximum absolute atomic E-state index is 13.1. The molecule has 0 radical (unpaired) electrons. The topological polar surface area (TPSA) is 23.1 Å². The average molecular weight is 272 g/mol. The Morgan fingerprint density at radius 2 is 1.39 bits per heavy atom. The van der Waals surface area contributed by atoms with E-state index in [0.29, 0.717) is 12.1 Å². The summed E-state index contributed by atoms with van der Waals surface area (Å²) in [5.41, 5.74) is 0. The van der Waals surface area contributed by atoms with Crippen molar-refractivity contribution in [3.63, 3.8) is 0 Å². The van der Waals surface area contributed by atoms with E-state index in [1.54, 1.807) is 0 Å². The molecule has 3 nitrogen and oxygen atoms in total. The van der Waals surface area contributed by atoms with Gasteiger partial charge in [0.2, 0.25) is 7.44 Å². The standard InChI is InChI=1S/C14H29N2OP/c1-4-5-6-7-8-9-10-18(17,15-11-13(15)2)16-12-14(16)3/h13-14H,4-12H2,1-3H3/t13-,14+,15?,16?,18?. The summed E-state index contributed by atoms with van der Waals surface area (Å²) in [4.78, 5) is 0. The van der Waals surface area contributed by atoms with E-state index < -0.39 is 7.44 Å². The first-order chi connectivity index (χ1) is 8.59. The molecule has 0 N–H and O–H groups in total. The molecule has 3 unspecified atom stereocenters. The number of rotatable bonds is 9. The van der Waals surface area contributed by atoms with E-state index in [9.17, 15) is 4.57 Å². The fraction of sp³-hybridized carbons (Fsp3) is 1.00. The van der Waals surface area contributed by atoms with Gasteiger partial charge in [-0.05, 0) is 20.3 Å². The molecule has 0 aliphatic carbocycles. The monoisotopic (exact) mass is 272 g/mol. The summed E-state index contributed by atoms with van der Waals surface area (Å²) in [5, 5.41) is 0. The van der Waals surface area contributed by atoms with E-state index in [0.717, 1.165) is 25.7 Å². The van der Waals surface area contributed by atoms with Crippen molar-refractivity contribution in [2.45, 2.75) is 71.4 Å². The van der Waals surface area contributed by atoms with Gasteiger partial charge in [0, 0.05) is 31.3 Å². The van der Waals surface area contributed by atoms with Gasteiger partial charge in [-0.3, -0.25) is 4.57 Å². The smallest absolute Gasteiger partial charge is 0.217 e. The molecule has 5 atom stereocenters. The Hall–Kier alpha value is 0.150. The molecule has 2 aliphatic heterocycles. The van der Waals surface area contributed by atoms with Crippen LogP contribution in [0.5, 0.6) is 0 Å². The van der Waals surface area contributed by atoms with Crippen LogP contribution in [0.3, 0.4) is 0 Å². The maximum atomic E-state index is 13.1. The van der Waals surface area contributed by atoms with Crippen molar-refractivity contribution in [1.29, 1.82) is 0 Å². The van der Waals surface area contributed by atoms with Gasteiger partial charge in [-0.15, -0.1) is 0 Å². The first-order valence-corrected chi connectivity index (χ1v) is 9.52. The van der Waals surface area contributed by atoms with Gasteiger partial charge in [0.1, 0.15) is 0 Å². The lowest BCUT2D eigenvalue weighted by atomic mass is 10.1. The lowest BCUT2D eigenvalue weighted by molar-refractivity contribution is 0.499. The predicted octanol–water partition coefficient (Wildman–Crippen LogP) is 3.95. The maximum Gasteiger partial charge on any atom is 0.217 e. The van der Waals surface area contributed by atoms with Gasteiger partial charge in [0.05, 0.1) is 0 Å². The Bertz CT molecular complexity index is 301. The molecule has 0 aromatic rings. The molecule has 0 aromatic carbocycles. The van der Waals surface area contributed by atoms with Crippen LogP contribution < -0.4 is 0 Å². The molecule has 2 aliphatic rings. The van der Waals surface area contributed by atoms with Gasteiger partial charge in [0.25, 0.3) is 0 Å². The van der Waals surface area contributed by atoms with Crippen molar-refractivity contribution in [3.8, 4) is 0 Å². The third-order valence-electron chi connectivity index (χ3n) is 4.26. The summed E-state index contributed by atoms with van der Waals surface area (Å²) in [7, 11) is -2.14. The molecular formula is C14H29N2OP. The second-order valence-electron chi connectivity index (χ2n) is 6.10. The Kier molecular flexibility index (Phi) is 4.91. The Labute approximate surface area is 112 Å². The fourth-order valence-electron chi connectivity index (χ4n) is 2.82. The van der Waals surface area contributed by atoms with E-state index >= 15 is 0 Å². The molecule has 2 fully saturated rings. The van der Waals surface area contributed by atoms with Crippen molar-refractivity contribution in [1.82, 2.24) is 9.34 Å². The van der Waals surface area contributed by atoms with Gasteiger partial charge < -0.3 is 0 Å². The summed E-state index contributed by atoms with van der Waals surface area (Å²) < 4.78 is 17.6. The van der Waals surface area contributed by atoms with Crippen molar-refractivity contribution in [2.24, 2.45) is 0 Å². The molecule has 106 valence electrons. The molecule has 2 rings (SSSR count). The van der Waals surface area contributed by atoms with Gasteiger partial charge >= 0.3 is 0 Å². The van der Waals surface area contributed by atoms with Gasteiger partial charge in [-0.1, -0.05) is 39.0 Å². The van der Waals surface area contributed by atoms with Crippen LogP contribution in [-0.4, -0.2) is 40.7 Å². The van der Waals surface area contributed by atoms with Crippen LogP contribution in [-0.2, 0) is 4.57 Å². The molecule has 0 spiro atoms. The average Bonchev–Trinajstić information content (AvgIpc) is 3.22. The highest BCUT2D eigenvalue weighted by atomic mass is 31.2. The van der Waals surface area contributed by atoms with E-state index in [1.807, 2.05) is 0 Å². The Morgan fingerprint density at radius 3 is 1.83 bits per heavy atom. The zero-order valence-electron chi connectivity index (χ0n) is 12.3. The minimum atomic E-state index is -2.14. The lowest BCUT2D eigenvalue weighted by Gasteiger charge is -2.21. The molecular weight excluding hydrogens is 243 g/mol. The zero-order chi connectivity index (χ0) is 13.2. The summed E-state index contributed by atoms with van der Waals surface area (Å²) in [6, 6.07) is 1.12. The van der Waals surface area contributed by atoms with E-state index in [2.05, 4.69) is 30.1 Å². The third-order valence-corrected chi connectivity index (χ3v) is 7.88. The molecule has 0 aromatic heterocycles. The van der Waals surface area contributed by atoms with Crippen LogP contribution in [0.15, 0.2) is 0 Å². The SMILES string of the molecule is CCCCCCCCP(=O)(N1C[C@H]1C)N1C[C@@H]1C. The highest BCUT2D eigenvalue weighted by Crippen LogP contribution is 2.64. The summed E-state index contributed by atoms with van der Waals surface area (Å²) in [5.74, 6) is 0. The van der Waals surface area contributed by atoms with Gasteiger partial charge in [-0.25, -0.2) is 9.34 Å². The highest BCUT2D eigenvalue weighted by molar-refractivity contribution is 7.59. The Morgan fingerprint density at radius 1 is 0.944 bits per heavy atom. The van der Waals surface area contributed by atoms with Gasteiger partial charge in [-0.2, -0.15) is 0 Å². The second-order valence-corrected chi connectivity index (χ2v) is 8.90. The van der Waals surface area contributed by atoms with E-state index in [4.69, 9.17) is 0 Å². The van der Waals surface area contributed by atoms with E-state index in [1.165, 1.54) is 32.1 Å². The third kappa shape index (κ3) is 3.37. The normalized spacial score (nSPS) is 37.3. The zero-order valence-corrected chi connectivity index (χ0v) is 13.2. The second kappa shape index (κ2) is 6.07. The van der Waals surface area contributed by atoms with Crippen LogP contribution in [0.1, 0.15) is 59.3 Å². The molecule has 0 bridgehead atoms. The summed E-state index contributed by atoms with van der Waals surface area (Å²) in [6.07, 6.45) is 8.65. The van der Waals surface area contributed by atoms with Crippen LogP contribution in [0, 0.1) is 0 Å². The summed E-state index contributed by atoms with van der Waals surface area (Å²) in [6.45, 7) is 8.74. The first-order valence-electron chi connectivity index (χ1n) is 7.73.